The molecule has 1 aliphatic carbocycles. The van der Waals surface area contributed by atoms with Crippen molar-refractivity contribution in [3.63, 3.8) is 0 Å². The highest BCUT2D eigenvalue weighted by atomic mass is 16.3. The lowest BCUT2D eigenvalue weighted by molar-refractivity contribution is 0.177. The first-order valence-corrected chi connectivity index (χ1v) is 2.89. The molecule has 2 heteroatoms. The first kappa shape index (κ1) is 5.58. The van der Waals surface area contributed by atoms with Crippen molar-refractivity contribution in [2.45, 2.75) is 31.4 Å². The van der Waals surface area contributed by atoms with Gasteiger partial charge in [0.2, 0.25) is 6.04 Å². The zero-order chi connectivity index (χ0) is 5.98. The molecule has 1 saturated carbocycles. The lowest BCUT2D eigenvalue weighted by atomic mass is 10.2. The van der Waals surface area contributed by atoms with Crippen LogP contribution in [0.2, 0.25) is 0 Å². The second kappa shape index (κ2) is 2.15. The van der Waals surface area contributed by atoms with Gasteiger partial charge in [-0.2, -0.15) is 0 Å². The molecule has 0 amide bonds. The molecule has 0 aromatic carbocycles. The summed E-state index contributed by atoms with van der Waals surface area (Å²) in [5, 5.41) is 8.98. The van der Waals surface area contributed by atoms with Crippen LogP contribution in [0.4, 0.5) is 0 Å². The van der Waals surface area contributed by atoms with Crippen molar-refractivity contribution in [3.05, 3.63) is 11.4 Å². The van der Waals surface area contributed by atoms with Gasteiger partial charge in [-0.15, -0.1) is 0 Å². The zero-order valence-corrected chi connectivity index (χ0v) is 4.67. The summed E-state index contributed by atoms with van der Waals surface area (Å²) < 4.78 is 0. The molecule has 0 aliphatic heterocycles. The summed E-state index contributed by atoms with van der Waals surface area (Å²) in [5.74, 6) is 0. The summed E-state index contributed by atoms with van der Waals surface area (Å²) in [4.78, 5) is 3.27. The molecule has 1 rings (SSSR count). The van der Waals surface area contributed by atoms with Crippen LogP contribution < -0.4 is 0 Å². The molecule has 0 unspecified atom stereocenters. The van der Waals surface area contributed by atoms with E-state index in [-0.39, 0.29) is 12.1 Å². The van der Waals surface area contributed by atoms with E-state index < -0.39 is 0 Å². The molecule has 0 aromatic heterocycles. The molecule has 2 nitrogen and oxygen atoms in total. The van der Waals surface area contributed by atoms with Gasteiger partial charge in [-0.05, 0) is 12.8 Å². The van der Waals surface area contributed by atoms with Gasteiger partial charge in [-0.25, -0.2) is 6.57 Å². The van der Waals surface area contributed by atoms with Gasteiger partial charge in [-0.1, -0.05) is 0 Å². The number of aliphatic hydroxyl groups is 1. The quantitative estimate of drug-likeness (QED) is 0.460. The van der Waals surface area contributed by atoms with Gasteiger partial charge >= 0.3 is 0 Å². The van der Waals surface area contributed by atoms with E-state index >= 15 is 0 Å². The average Bonchev–Trinajstić information content (AvgIpc) is 2.14. The van der Waals surface area contributed by atoms with Crippen LogP contribution in [0, 0.1) is 6.57 Å². The van der Waals surface area contributed by atoms with Crippen LogP contribution in [0.15, 0.2) is 0 Å². The Morgan fingerprint density at radius 3 is 2.50 bits per heavy atom. The lowest BCUT2D eigenvalue weighted by Gasteiger charge is -1.97. The van der Waals surface area contributed by atoms with Crippen LogP contribution in [0.25, 0.3) is 4.85 Å². The predicted molar refractivity (Wildman–Crippen MR) is 30.2 cm³/mol. The van der Waals surface area contributed by atoms with E-state index in [1.54, 1.807) is 0 Å². The maximum atomic E-state index is 8.98. The molecule has 2 atom stereocenters. The van der Waals surface area contributed by atoms with Crippen LogP contribution in [-0.4, -0.2) is 17.3 Å². The van der Waals surface area contributed by atoms with E-state index in [0.717, 1.165) is 19.3 Å². The Morgan fingerprint density at radius 1 is 1.50 bits per heavy atom. The second-order valence-corrected chi connectivity index (χ2v) is 2.19. The molecule has 1 fully saturated rings. The van der Waals surface area contributed by atoms with Crippen LogP contribution >= 0.6 is 0 Å². The fraction of sp³-hybridized carbons (Fsp3) is 0.833. The number of hydrogen-bond donors (Lipinski definition) is 1. The van der Waals surface area contributed by atoms with Crippen molar-refractivity contribution >= 4 is 0 Å². The Morgan fingerprint density at radius 2 is 2.25 bits per heavy atom. The fourth-order valence-corrected chi connectivity index (χ4v) is 1.07. The van der Waals surface area contributed by atoms with E-state index in [1.807, 2.05) is 0 Å². The lowest BCUT2D eigenvalue weighted by Crippen LogP contribution is -2.13. The van der Waals surface area contributed by atoms with Crippen molar-refractivity contribution in [1.29, 1.82) is 0 Å². The second-order valence-electron chi connectivity index (χ2n) is 2.19. The molecular weight excluding hydrogens is 102 g/mol. The maximum Gasteiger partial charge on any atom is 0.249 e. The number of nitrogens with zero attached hydrogens (tertiary/aromatic N) is 1. The largest absolute Gasteiger partial charge is 0.385 e. The van der Waals surface area contributed by atoms with Crippen LogP contribution in [-0.2, 0) is 0 Å². The topological polar surface area (TPSA) is 24.6 Å². The molecular formula is C6H9NO. The molecule has 0 radical (unpaired) electrons. The Hall–Kier alpha value is -0.550. The first-order valence-electron chi connectivity index (χ1n) is 2.89. The standard InChI is InChI=1S/C6H9NO/c1-7-5-3-2-4-6(5)8/h5-6,8H,2-4H2/t5-,6+/m1/s1. The molecule has 0 saturated heterocycles. The molecule has 44 valence electrons. The van der Waals surface area contributed by atoms with Crippen LogP contribution in [0.5, 0.6) is 0 Å². The van der Waals surface area contributed by atoms with Crippen molar-refractivity contribution in [3.8, 4) is 0 Å². The molecule has 0 spiro atoms. The molecule has 0 heterocycles. The summed E-state index contributed by atoms with van der Waals surface area (Å²) >= 11 is 0. The summed E-state index contributed by atoms with van der Waals surface area (Å²) in [5.41, 5.74) is 0. The third-order valence-electron chi connectivity index (χ3n) is 1.61. The van der Waals surface area contributed by atoms with Crippen LogP contribution in [0.3, 0.4) is 0 Å². The molecule has 1 aliphatic rings. The van der Waals surface area contributed by atoms with E-state index in [2.05, 4.69) is 4.85 Å². The zero-order valence-electron chi connectivity index (χ0n) is 4.67. The Balaban J connectivity index is 2.45. The highest BCUT2D eigenvalue weighted by Gasteiger charge is 2.29. The van der Waals surface area contributed by atoms with E-state index in [9.17, 15) is 0 Å². The summed E-state index contributed by atoms with van der Waals surface area (Å²) in [6.07, 6.45) is 2.42. The monoisotopic (exact) mass is 111 g/mol. The summed E-state index contributed by atoms with van der Waals surface area (Å²) in [7, 11) is 0. The number of rotatable bonds is 0. The van der Waals surface area contributed by atoms with E-state index in [4.69, 9.17) is 11.7 Å². The van der Waals surface area contributed by atoms with Gasteiger partial charge in [0.05, 0.1) is 0 Å². The van der Waals surface area contributed by atoms with Crippen molar-refractivity contribution in [2.75, 3.05) is 0 Å². The Bertz CT molecular complexity index is 116. The molecule has 0 bridgehead atoms. The molecule has 1 N–H and O–H groups in total. The highest BCUT2D eigenvalue weighted by molar-refractivity contribution is 4.90. The van der Waals surface area contributed by atoms with Gasteiger partial charge in [0.15, 0.2) is 0 Å². The van der Waals surface area contributed by atoms with Gasteiger partial charge < -0.3 is 9.95 Å². The SMILES string of the molecule is [C-]#[N+][C@@H]1CCC[C@@H]1O. The van der Waals surface area contributed by atoms with Crippen molar-refractivity contribution in [1.82, 2.24) is 0 Å². The summed E-state index contributed by atoms with van der Waals surface area (Å²) in [6.45, 7) is 6.60. The minimum absolute atomic E-state index is 0.0880. The Labute approximate surface area is 49.0 Å². The third kappa shape index (κ3) is 0.823. The van der Waals surface area contributed by atoms with Gasteiger partial charge in [-0.3, -0.25) is 0 Å². The normalized spacial score (nSPS) is 37.0. The maximum absolute atomic E-state index is 8.98. The molecule has 0 aromatic rings. The van der Waals surface area contributed by atoms with Gasteiger partial charge in [0.25, 0.3) is 0 Å². The minimum Gasteiger partial charge on any atom is -0.385 e. The highest BCUT2D eigenvalue weighted by Crippen LogP contribution is 2.21. The minimum atomic E-state index is -0.326. The predicted octanol–water partition coefficient (Wildman–Crippen LogP) is 0.819. The van der Waals surface area contributed by atoms with Crippen molar-refractivity contribution < 1.29 is 5.11 Å². The van der Waals surface area contributed by atoms with Crippen LogP contribution in [0.1, 0.15) is 19.3 Å². The fourth-order valence-electron chi connectivity index (χ4n) is 1.07. The number of aliphatic hydroxyl groups excluding tert-OH is 1. The van der Waals surface area contributed by atoms with E-state index in [0.29, 0.717) is 0 Å². The smallest absolute Gasteiger partial charge is 0.249 e. The van der Waals surface area contributed by atoms with Gasteiger partial charge in [0, 0.05) is 6.42 Å². The third-order valence-corrected chi connectivity index (χ3v) is 1.61. The first-order chi connectivity index (χ1) is 3.84. The van der Waals surface area contributed by atoms with E-state index in [1.165, 1.54) is 0 Å². The number of hydrogen-bond acceptors (Lipinski definition) is 1. The van der Waals surface area contributed by atoms with Crippen molar-refractivity contribution in [2.24, 2.45) is 0 Å². The summed E-state index contributed by atoms with van der Waals surface area (Å²) in [6, 6.07) is -0.0880. The molecule has 8 heavy (non-hydrogen) atoms. The average molecular weight is 111 g/mol. The van der Waals surface area contributed by atoms with Gasteiger partial charge in [0.1, 0.15) is 6.10 Å². The Kier molecular flexibility index (Phi) is 1.50.